The van der Waals surface area contributed by atoms with Crippen molar-refractivity contribution in [2.75, 3.05) is 13.7 Å². The summed E-state index contributed by atoms with van der Waals surface area (Å²) in [6.45, 7) is 3.24. The Morgan fingerprint density at radius 2 is 2.33 bits per heavy atom. The number of thiophene rings is 1. The van der Waals surface area contributed by atoms with Crippen molar-refractivity contribution in [2.45, 2.75) is 57.1 Å². The molecule has 0 radical (unpaired) electrons. The fourth-order valence-corrected chi connectivity index (χ4v) is 3.57. The molecule has 0 saturated heterocycles. The minimum absolute atomic E-state index is 0.183. The number of nitrogens with one attached hydrogen (secondary N) is 1. The van der Waals surface area contributed by atoms with Crippen LogP contribution in [0.1, 0.15) is 43.9 Å². The summed E-state index contributed by atoms with van der Waals surface area (Å²) >= 11 is 1.87. The van der Waals surface area contributed by atoms with Crippen molar-refractivity contribution in [1.82, 2.24) is 5.32 Å². The van der Waals surface area contributed by atoms with Crippen LogP contribution in [0.5, 0.6) is 0 Å². The van der Waals surface area contributed by atoms with Gasteiger partial charge in [-0.05, 0) is 56.5 Å². The van der Waals surface area contributed by atoms with Crippen LogP contribution in [0.15, 0.2) is 17.5 Å². The van der Waals surface area contributed by atoms with Crippen molar-refractivity contribution in [3.63, 3.8) is 0 Å². The molecule has 1 fully saturated rings. The molecule has 1 aromatic rings. The third kappa shape index (κ3) is 3.56. The van der Waals surface area contributed by atoms with Gasteiger partial charge in [0.1, 0.15) is 0 Å². The van der Waals surface area contributed by atoms with Gasteiger partial charge in [-0.15, -0.1) is 11.3 Å². The van der Waals surface area contributed by atoms with Crippen LogP contribution < -0.4 is 5.32 Å². The Labute approximate surface area is 115 Å². The first kappa shape index (κ1) is 14.0. The maximum absolute atomic E-state index is 5.75. The lowest BCUT2D eigenvalue weighted by Crippen LogP contribution is -2.46. The summed E-state index contributed by atoms with van der Waals surface area (Å²) in [5, 5.41) is 5.79. The molecule has 1 saturated carbocycles. The lowest BCUT2D eigenvalue weighted by Gasteiger charge is -2.43. The van der Waals surface area contributed by atoms with Gasteiger partial charge in [0, 0.05) is 18.0 Å². The fourth-order valence-electron chi connectivity index (χ4n) is 2.85. The average molecular weight is 267 g/mol. The van der Waals surface area contributed by atoms with Crippen molar-refractivity contribution in [3.05, 3.63) is 22.4 Å². The molecule has 1 aliphatic carbocycles. The quantitative estimate of drug-likeness (QED) is 0.777. The van der Waals surface area contributed by atoms with Gasteiger partial charge in [0.15, 0.2) is 0 Å². The van der Waals surface area contributed by atoms with E-state index in [0.29, 0.717) is 6.04 Å². The van der Waals surface area contributed by atoms with Gasteiger partial charge in [-0.3, -0.25) is 0 Å². The van der Waals surface area contributed by atoms with Crippen LogP contribution in [0.3, 0.4) is 0 Å². The van der Waals surface area contributed by atoms with Gasteiger partial charge in [-0.2, -0.15) is 0 Å². The molecule has 2 rings (SSSR count). The average Bonchev–Trinajstić information content (AvgIpc) is 2.83. The maximum atomic E-state index is 5.75. The molecule has 0 amide bonds. The number of aryl methyl sites for hydroxylation is 1. The second-order valence-corrected chi connectivity index (χ2v) is 6.35. The van der Waals surface area contributed by atoms with Crippen molar-refractivity contribution >= 4 is 11.3 Å². The molecule has 3 heteroatoms. The van der Waals surface area contributed by atoms with E-state index in [0.717, 1.165) is 6.54 Å². The molecular formula is C15H25NOS. The predicted octanol–water partition coefficient (Wildman–Crippen LogP) is 3.62. The molecule has 2 nitrogen and oxygen atoms in total. The minimum atomic E-state index is 0.183. The van der Waals surface area contributed by atoms with E-state index in [1.165, 1.54) is 43.4 Å². The molecule has 0 aliphatic heterocycles. The Kier molecular flexibility index (Phi) is 5.22. The highest BCUT2D eigenvalue weighted by molar-refractivity contribution is 7.09. The number of methoxy groups -OCH3 is 1. The summed E-state index contributed by atoms with van der Waals surface area (Å²) in [5.41, 5.74) is 0.183. The zero-order valence-electron chi connectivity index (χ0n) is 11.6. The molecule has 0 bridgehead atoms. The van der Waals surface area contributed by atoms with Crippen LogP contribution in [0.2, 0.25) is 0 Å². The first-order valence-corrected chi connectivity index (χ1v) is 7.97. The van der Waals surface area contributed by atoms with Crippen LogP contribution >= 0.6 is 11.3 Å². The van der Waals surface area contributed by atoms with E-state index in [2.05, 4.69) is 29.8 Å². The van der Waals surface area contributed by atoms with Crippen LogP contribution in [-0.2, 0) is 11.2 Å². The summed E-state index contributed by atoms with van der Waals surface area (Å²) in [5.74, 6) is 0. The van der Waals surface area contributed by atoms with Gasteiger partial charge in [0.2, 0.25) is 0 Å². The van der Waals surface area contributed by atoms with Crippen LogP contribution in [0, 0.1) is 0 Å². The zero-order valence-corrected chi connectivity index (χ0v) is 12.4. The molecule has 0 spiro atoms. The van der Waals surface area contributed by atoms with Gasteiger partial charge < -0.3 is 10.1 Å². The van der Waals surface area contributed by atoms with Crippen molar-refractivity contribution in [1.29, 1.82) is 0 Å². The number of ether oxygens (including phenoxy) is 1. The summed E-state index contributed by atoms with van der Waals surface area (Å²) in [4.78, 5) is 1.50. The topological polar surface area (TPSA) is 21.3 Å². The normalized spacial score (nSPS) is 19.4. The van der Waals surface area contributed by atoms with E-state index in [9.17, 15) is 0 Å². The molecular weight excluding hydrogens is 242 g/mol. The molecule has 1 aromatic heterocycles. The summed E-state index contributed by atoms with van der Waals surface area (Å²) in [6, 6.07) is 4.98. The smallest absolute Gasteiger partial charge is 0.0693 e. The number of hydrogen-bond acceptors (Lipinski definition) is 3. The third-order valence-electron chi connectivity index (χ3n) is 4.13. The van der Waals surface area contributed by atoms with E-state index in [-0.39, 0.29) is 5.60 Å². The first-order valence-electron chi connectivity index (χ1n) is 7.09. The highest BCUT2D eigenvalue weighted by Gasteiger charge is 2.38. The minimum Gasteiger partial charge on any atom is -0.378 e. The van der Waals surface area contributed by atoms with Gasteiger partial charge in [0.25, 0.3) is 0 Å². The Balaban J connectivity index is 1.83. The molecule has 102 valence electrons. The fraction of sp³-hybridized carbons (Fsp3) is 0.733. The lowest BCUT2D eigenvalue weighted by molar-refractivity contribution is -0.0837. The molecule has 1 unspecified atom stereocenters. The van der Waals surface area contributed by atoms with Gasteiger partial charge >= 0.3 is 0 Å². The predicted molar refractivity (Wildman–Crippen MR) is 78.3 cm³/mol. The Morgan fingerprint density at radius 1 is 1.50 bits per heavy atom. The standard InChI is InChI=1S/C15H25NOS/c1-3-16-13(7-8-14-6-4-11-18-14)12-15(17-2)9-5-10-15/h4,6,11,13,16H,3,5,7-10,12H2,1-2H3. The molecule has 1 atom stereocenters. The van der Waals surface area contributed by atoms with Crippen LogP contribution in [0.4, 0.5) is 0 Å². The number of rotatable bonds is 8. The van der Waals surface area contributed by atoms with Crippen molar-refractivity contribution < 1.29 is 4.74 Å². The molecule has 1 aliphatic rings. The van der Waals surface area contributed by atoms with Crippen molar-refractivity contribution in [2.24, 2.45) is 0 Å². The monoisotopic (exact) mass is 267 g/mol. The summed E-state index contributed by atoms with van der Waals surface area (Å²) in [7, 11) is 1.88. The molecule has 18 heavy (non-hydrogen) atoms. The first-order chi connectivity index (χ1) is 8.78. The van der Waals surface area contributed by atoms with Gasteiger partial charge in [-0.1, -0.05) is 13.0 Å². The summed E-state index contributed by atoms with van der Waals surface area (Å²) in [6.07, 6.45) is 7.39. The lowest BCUT2D eigenvalue weighted by atomic mass is 9.75. The van der Waals surface area contributed by atoms with E-state index in [4.69, 9.17) is 4.74 Å². The Morgan fingerprint density at radius 3 is 2.83 bits per heavy atom. The Bertz CT molecular complexity index is 327. The zero-order chi connectivity index (χ0) is 12.8. The van der Waals surface area contributed by atoms with E-state index < -0.39 is 0 Å². The second kappa shape index (κ2) is 6.69. The van der Waals surface area contributed by atoms with Crippen LogP contribution in [-0.4, -0.2) is 25.3 Å². The maximum Gasteiger partial charge on any atom is 0.0693 e. The Hall–Kier alpha value is -0.380. The van der Waals surface area contributed by atoms with Crippen molar-refractivity contribution in [3.8, 4) is 0 Å². The van der Waals surface area contributed by atoms with Gasteiger partial charge in [0.05, 0.1) is 5.60 Å². The van der Waals surface area contributed by atoms with Crippen LogP contribution in [0.25, 0.3) is 0 Å². The summed E-state index contributed by atoms with van der Waals surface area (Å²) < 4.78 is 5.75. The highest BCUT2D eigenvalue weighted by atomic mass is 32.1. The molecule has 1 heterocycles. The second-order valence-electron chi connectivity index (χ2n) is 5.32. The van der Waals surface area contributed by atoms with Gasteiger partial charge in [-0.25, -0.2) is 0 Å². The van der Waals surface area contributed by atoms with E-state index in [1.54, 1.807) is 0 Å². The third-order valence-corrected chi connectivity index (χ3v) is 5.06. The van der Waals surface area contributed by atoms with E-state index in [1.807, 2.05) is 18.4 Å². The highest BCUT2D eigenvalue weighted by Crippen LogP contribution is 2.39. The SMILES string of the molecule is CCNC(CCc1cccs1)CC1(OC)CCC1. The molecule has 0 aromatic carbocycles. The van der Waals surface area contributed by atoms with E-state index >= 15 is 0 Å². The largest absolute Gasteiger partial charge is 0.378 e. The number of hydrogen-bond donors (Lipinski definition) is 1. The molecule has 1 N–H and O–H groups in total.